The summed E-state index contributed by atoms with van der Waals surface area (Å²) < 4.78 is 4.36. The number of allylic oxidation sites excluding steroid dienone is 1. The SMILES string of the molecule is Cc1nc2c(s1)c1cnn(CC3=NCC=C3)c(=O)c1n2C. The predicted octanol–water partition coefficient (Wildman–Crippen LogP) is 1.66. The molecule has 0 saturated carbocycles. The smallest absolute Gasteiger partial charge is 0.291 e. The Morgan fingerprint density at radius 2 is 2.29 bits per heavy atom. The fraction of sp³-hybridized carbons (Fsp3) is 0.286. The van der Waals surface area contributed by atoms with Gasteiger partial charge in [0.25, 0.3) is 5.56 Å². The van der Waals surface area contributed by atoms with E-state index in [1.807, 2.05) is 30.7 Å². The monoisotopic (exact) mass is 299 g/mol. The Morgan fingerprint density at radius 3 is 3.05 bits per heavy atom. The second kappa shape index (κ2) is 4.36. The average Bonchev–Trinajstić information content (AvgIpc) is 3.13. The topological polar surface area (TPSA) is 65.1 Å². The molecule has 0 aliphatic carbocycles. The third kappa shape index (κ3) is 1.77. The Morgan fingerprint density at radius 1 is 1.43 bits per heavy atom. The van der Waals surface area contributed by atoms with Crippen LogP contribution in [0.1, 0.15) is 5.01 Å². The number of fused-ring (bicyclic) bond motifs is 3. The molecule has 0 bridgehead atoms. The van der Waals surface area contributed by atoms with Crippen LogP contribution >= 0.6 is 11.3 Å². The van der Waals surface area contributed by atoms with E-state index in [1.54, 1.807) is 17.5 Å². The van der Waals surface area contributed by atoms with E-state index in [2.05, 4.69) is 15.1 Å². The van der Waals surface area contributed by atoms with Crippen molar-refractivity contribution in [3.63, 3.8) is 0 Å². The summed E-state index contributed by atoms with van der Waals surface area (Å²) in [5.74, 6) is 0. The van der Waals surface area contributed by atoms with Crippen molar-refractivity contribution in [3.05, 3.63) is 33.7 Å². The number of aromatic nitrogens is 4. The van der Waals surface area contributed by atoms with E-state index < -0.39 is 0 Å². The number of aliphatic imine (C=N–C) groups is 1. The molecule has 0 unspecified atom stereocenters. The first-order chi connectivity index (χ1) is 10.1. The first kappa shape index (κ1) is 12.5. The zero-order chi connectivity index (χ0) is 14.6. The molecule has 21 heavy (non-hydrogen) atoms. The van der Waals surface area contributed by atoms with Crippen molar-refractivity contribution in [2.24, 2.45) is 12.0 Å². The Balaban J connectivity index is 1.96. The van der Waals surface area contributed by atoms with Gasteiger partial charge in [-0.25, -0.2) is 9.67 Å². The Kier molecular flexibility index (Phi) is 2.58. The Labute approximate surface area is 124 Å². The van der Waals surface area contributed by atoms with Gasteiger partial charge in [0.05, 0.1) is 34.7 Å². The normalized spacial score (nSPS) is 14.5. The van der Waals surface area contributed by atoms with Gasteiger partial charge >= 0.3 is 0 Å². The summed E-state index contributed by atoms with van der Waals surface area (Å²) in [4.78, 5) is 21.5. The van der Waals surface area contributed by atoms with Gasteiger partial charge in [0.15, 0.2) is 5.65 Å². The maximum atomic E-state index is 12.7. The van der Waals surface area contributed by atoms with Crippen molar-refractivity contribution in [2.75, 3.05) is 6.54 Å². The second-order valence-corrected chi connectivity index (χ2v) is 6.25. The number of aryl methyl sites for hydroxylation is 2. The lowest BCUT2D eigenvalue weighted by molar-refractivity contribution is 0.677. The lowest BCUT2D eigenvalue weighted by Crippen LogP contribution is -2.26. The Hall–Kier alpha value is -2.28. The maximum Gasteiger partial charge on any atom is 0.291 e. The minimum atomic E-state index is -0.0964. The molecule has 1 aliphatic heterocycles. The van der Waals surface area contributed by atoms with Gasteiger partial charge in [-0.3, -0.25) is 9.79 Å². The lowest BCUT2D eigenvalue weighted by Gasteiger charge is -2.04. The third-order valence-corrected chi connectivity index (χ3v) is 4.65. The van der Waals surface area contributed by atoms with Crippen molar-refractivity contribution >= 4 is 38.3 Å². The summed E-state index contributed by atoms with van der Waals surface area (Å²) in [6, 6.07) is 0. The molecule has 0 N–H and O–H groups in total. The van der Waals surface area contributed by atoms with E-state index in [-0.39, 0.29) is 5.56 Å². The number of hydrogen-bond donors (Lipinski definition) is 0. The molecule has 7 heteroatoms. The van der Waals surface area contributed by atoms with Crippen LogP contribution in [0.5, 0.6) is 0 Å². The van der Waals surface area contributed by atoms with E-state index >= 15 is 0 Å². The molecular weight excluding hydrogens is 286 g/mol. The van der Waals surface area contributed by atoms with Crippen molar-refractivity contribution in [2.45, 2.75) is 13.5 Å². The molecule has 0 fully saturated rings. The van der Waals surface area contributed by atoms with Gasteiger partial charge in [-0.1, -0.05) is 6.08 Å². The standard InChI is InChI=1S/C14H13N5OS/c1-8-17-13-12(21-8)10-6-16-19(7-9-4-3-5-15-9)14(20)11(10)18(13)2/h3-4,6H,5,7H2,1-2H3. The van der Waals surface area contributed by atoms with Gasteiger partial charge < -0.3 is 4.57 Å². The molecule has 6 nitrogen and oxygen atoms in total. The predicted molar refractivity (Wildman–Crippen MR) is 84.3 cm³/mol. The van der Waals surface area contributed by atoms with Gasteiger partial charge in [0.1, 0.15) is 5.52 Å². The second-order valence-electron chi connectivity index (χ2n) is 5.05. The molecule has 1 aliphatic rings. The van der Waals surface area contributed by atoms with Crippen molar-refractivity contribution < 1.29 is 0 Å². The van der Waals surface area contributed by atoms with Crippen LogP contribution < -0.4 is 5.56 Å². The molecule has 3 aromatic heterocycles. The van der Waals surface area contributed by atoms with Crippen LogP contribution in [-0.2, 0) is 13.6 Å². The molecule has 0 radical (unpaired) electrons. The molecule has 0 atom stereocenters. The van der Waals surface area contributed by atoms with E-state index in [9.17, 15) is 4.79 Å². The summed E-state index contributed by atoms with van der Waals surface area (Å²) in [6.07, 6.45) is 5.67. The minimum absolute atomic E-state index is 0.0964. The number of nitrogens with zero attached hydrogens (tertiary/aromatic N) is 5. The molecule has 106 valence electrons. The van der Waals surface area contributed by atoms with Crippen LogP contribution in [0.25, 0.3) is 21.3 Å². The van der Waals surface area contributed by atoms with E-state index in [0.29, 0.717) is 18.6 Å². The van der Waals surface area contributed by atoms with Crippen LogP contribution in [0.4, 0.5) is 0 Å². The highest BCUT2D eigenvalue weighted by molar-refractivity contribution is 7.19. The summed E-state index contributed by atoms with van der Waals surface area (Å²) in [7, 11) is 1.88. The molecule has 0 amide bonds. The quantitative estimate of drug-likeness (QED) is 0.723. The average molecular weight is 299 g/mol. The van der Waals surface area contributed by atoms with Gasteiger partial charge in [0, 0.05) is 12.4 Å². The van der Waals surface area contributed by atoms with Crippen molar-refractivity contribution in [3.8, 4) is 0 Å². The van der Waals surface area contributed by atoms with E-state index in [1.165, 1.54) is 4.68 Å². The van der Waals surface area contributed by atoms with Crippen LogP contribution in [0.15, 0.2) is 28.1 Å². The van der Waals surface area contributed by atoms with Gasteiger partial charge in [0.2, 0.25) is 0 Å². The number of rotatable bonds is 2. The first-order valence-corrected chi connectivity index (χ1v) is 7.48. The van der Waals surface area contributed by atoms with Crippen LogP contribution in [0.2, 0.25) is 0 Å². The zero-order valence-corrected chi connectivity index (χ0v) is 12.5. The van der Waals surface area contributed by atoms with E-state index in [4.69, 9.17) is 0 Å². The van der Waals surface area contributed by atoms with Crippen LogP contribution in [0.3, 0.4) is 0 Å². The molecule has 4 rings (SSSR count). The molecule has 4 heterocycles. The number of thiazole rings is 1. The van der Waals surface area contributed by atoms with Crippen molar-refractivity contribution in [1.82, 2.24) is 19.3 Å². The third-order valence-electron chi connectivity index (χ3n) is 3.65. The minimum Gasteiger partial charge on any atom is -0.323 e. The van der Waals surface area contributed by atoms with E-state index in [0.717, 1.165) is 26.5 Å². The zero-order valence-electron chi connectivity index (χ0n) is 11.7. The highest BCUT2D eigenvalue weighted by Gasteiger charge is 2.17. The Bertz CT molecular complexity index is 988. The first-order valence-electron chi connectivity index (χ1n) is 6.66. The summed E-state index contributed by atoms with van der Waals surface area (Å²) >= 11 is 1.59. The largest absolute Gasteiger partial charge is 0.323 e. The molecule has 0 aromatic carbocycles. The lowest BCUT2D eigenvalue weighted by atomic mass is 10.3. The maximum absolute atomic E-state index is 12.7. The molecular formula is C14H13N5OS. The highest BCUT2D eigenvalue weighted by Crippen LogP contribution is 2.30. The fourth-order valence-electron chi connectivity index (χ4n) is 2.67. The van der Waals surface area contributed by atoms with Gasteiger partial charge in [-0.15, -0.1) is 11.3 Å². The molecule has 0 spiro atoms. The van der Waals surface area contributed by atoms with Crippen molar-refractivity contribution in [1.29, 1.82) is 0 Å². The molecule has 0 saturated heterocycles. The van der Waals surface area contributed by atoms with Gasteiger partial charge in [-0.2, -0.15) is 5.10 Å². The van der Waals surface area contributed by atoms with Crippen LogP contribution in [-0.4, -0.2) is 31.6 Å². The summed E-state index contributed by atoms with van der Waals surface area (Å²) in [5, 5.41) is 6.17. The molecule has 3 aromatic rings. The summed E-state index contributed by atoms with van der Waals surface area (Å²) in [6.45, 7) is 3.07. The highest BCUT2D eigenvalue weighted by atomic mass is 32.1. The van der Waals surface area contributed by atoms with Gasteiger partial charge in [-0.05, 0) is 13.0 Å². The fourth-order valence-corrected chi connectivity index (χ4v) is 3.63. The number of hydrogen-bond acceptors (Lipinski definition) is 5. The summed E-state index contributed by atoms with van der Waals surface area (Å²) in [5.41, 5.74) is 2.29. The van der Waals surface area contributed by atoms with Crippen LogP contribution in [0, 0.1) is 6.92 Å².